The molecule has 0 radical (unpaired) electrons. The van der Waals surface area contributed by atoms with Crippen LogP contribution in [0.3, 0.4) is 0 Å². The number of thioether (sulfide) groups is 1. The van der Waals surface area contributed by atoms with E-state index in [1.807, 2.05) is 0 Å². The van der Waals surface area contributed by atoms with Crippen molar-refractivity contribution in [2.75, 3.05) is 18.1 Å². The molecule has 2 atom stereocenters. The van der Waals surface area contributed by atoms with E-state index in [9.17, 15) is 24.3 Å². The highest BCUT2D eigenvalue weighted by molar-refractivity contribution is 8.00. The summed E-state index contributed by atoms with van der Waals surface area (Å²) >= 11 is 2.03. The van der Waals surface area contributed by atoms with Crippen molar-refractivity contribution in [1.29, 1.82) is 0 Å². The number of amides is 2. The largest absolute Gasteiger partial charge is 0.479 e. The predicted octanol–water partition coefficient (Wildman–Crippen LogP) is -1.15. The maximum Gasteiger partial charge on any atom is 0.352 e. The van der Waals surface area contributed by atoms with Crippen LogP contribution in [0.2, 0.25) is 0 Å². The van der Waals surface area contributed by atoms with Gasteiger partial charge in [-0.25, -0.2) is 9.59 Å². The fourth-order valence-corrected chi connectivity index (χ4v) is 4.45. The Hall–Kier alpha value is -3.46. The summed E-state index contributed by atoms with van der Waals surface area (Å²) in [6.45, 7) is 2.74. The van der Waals surface area contributed by atoms with E-state index in [0.717, 1.165) is 16.4 Å². The average molecular weight is 454 g/mol. The lowest BCUT2D eigenvalue weighted by Gasteiger charge is -2.49. The Morgan fingerprint density at radius 1 is 1.43 bits per heavy atom. The first-order valence-corrected chi connectivity index (χ1v) is 9.92. The van der Waals surface area contributed by atoms with E-state index in [1.165, 1.54) is 17.8 Å². The molecule has 1 aromatic heterocycles. The summed E-state index contributed by atoms with van der Waals surface area (Å²) < 4.78 is 3.83. The smallest absolute Gasteiger partial charge is 0.352 e. The molecule has 30 heavy (non-hydrogen) atoms. The molecule has 3 heterocycles. The number of anilines is 1. The van der Waals surface area contributed by atoms with Crippen LogP contribution in [0.1, 0.15) is 5.82 Å². The van der Waals surface area contributed by atoms with Crippen molar-refractivity contribution < 1.29 is 34.2 Å². The minimum atomic E-state index is -1.32. The third-order valence-corrected chi connectivity index (χ3v) is 5.79. The topological polar surface area (TPSA) is 197 Å². The number of carboxylic acids is 2. The van der Waals surface area contributed by atoms with Crippen LogP contribution in [-0.2, 0) is 24.0 Å². The Kier molecular flexibility index (Phi) is 6.02. The van der Waals surface area contributed by atoms with Gasteiger partial charge in [0.2, 0.25) is 18.1 Å². The lowest BCUT2D eigenvalue weighted by atomic mass is 10.0. The number of carbonyl (C=O) groups excluding carboxylic acids is 2. The first-order valence-electron chi connectivity index (χ1n) is 8.10. The summed E-state index contributed by atoms with van der Waals surface area (Å²) in [5, 5.41) is 23.4. The Balaban J connectivity index is 1.79. The second-order valence-corrected chi connectivity index (χ2v) is 7.70. The molecule has 1 unspecified atom stereocenters. The molecular weight excluding hydrogens is 440 g/mol. The van der Waals surface area contributed by atoms with Crippen LogP contribution >= 0.6 is 23.3 Å². The Morgan fingerprint density at radius 3 is 2.73 bits per heavy atom. The molecular formula is C15H14N6O7S2. The fraction of sp³-hybridized carbons (Fsp3) is 0.267. The molecule has 158 valence electrons. The van der Waals surface area contributed by atoms with Crippen LogP contribution in [0.5, 0.6) is 0 Å². The number of hydrogen-bond donors (Lipinski definition) is 4. The van der Waals surface area contributed by atoms with Gasteiger partial charge < -0.3 is 26.1 Å². The van der Waals surface area contributed by atoms with E-state index in [0.29, 0.717) is 11.3 Å². The molecule has 2 aliphatic rings. The normalized spacial score (nSPS) is 20.9. The number of nitrogens with two attached hydrogens (primary N) is 1. The summed E-state index contributed by atoms with van der Waals surface area (Å²) in [7, 11) is 0. The molecule has 0 saturated carbocycles. The number of carboxylic acid groups (broad SMARTS) is 2. The van der Waals surface area contributed by atoms with Gasteiger partial charge in [-0.3, -0.25) is 14.5 Å². The average Bonchev–Trinajstić information content (AvgIpc) is 3.13. The molecule has 3 rings (SSSR count). The molecule has 0 aliphatic carbocycles. The van der Waals surface area contributed by atoms with Gasteiger partial charge in [-0.2, -0.15) is 9.36 Å². The molecule has 2 aliphatic heterocycles. The molecule has 0 aromatic carbocycles. The van der Waals surface area contributed by atoms with Gasteiger partial charge in [-0.1, -0.05) is 17.8 Å². The van der Waals surface area contributed by atoms with Crippen molar-refractivity contribution in [1.82, 2.24) is 19.6 Å². The molecule has 2 amide bonds. The van der Waals surface area contributed by atoms with Crippen molar-refractivity contribution >= 4 is 57.9 Å². The highest BCUT2D eigenvalue weighted by Gasteiger charge is 2.54. The number of hydrogen-bond acceptors (Lipinski definition) is 11. The lowest BCUT2D eigenvalue weighted by molar-refractivity contribution is -0.150. The first-order chi connectivity index (χ1) is 14.2. The summed E-state index contributed by atoms with van der Waals surface area (Å²) in [5.74, 6) is -4.06. The van der Waals surface area contributed by atoms with Gasteiger partial charge in [-0.15, -0.1) is 11.8 Å². The summed E-state index contributed by atoms with van der Waals surface area (Å²) in [6.07, 6.45) is 1.37. The van der Waals surface area contributed by atoms with E-state index in [2.05, 4.69) is 31.2 Å². The number of nitrogens with zero attached hydrogens (tertiary/aromatic N) is 4. The second kappa shape index (κ2) is 8.50. The van der Waals surface area contributed by atoms with Crippen LogP contribution in [0.25, 0.3) is 0 Å². The van der Waals surface area contributed by atoms with Gasteiger partial charge >= 0.3 is 11.9 Å². The molecule has 1 fully saturated rings. The number of aromatic nitrogens is 2. The van der Waals surface area contributed by atoms with Crippen molar-refractivity contribution in [3.63, 3.8) is 0 Å². The van der Waals surface area contributed by atoms with Crippen LogP contribution in [0.4, 0.5) is 5.13 Å². The quantitative estimate of drug-likeness (QED) is 0.210. The SMILES string of the molecule is C=CC1=C(C(=O)O)N2C(=O)C(NC(=O)C(=NOCC(=O)O)c3nsc(N)n3)[C@@H]2SC1. The third-order valence-electron chi connectivity index (χ3n) is 3.95. The molecule has 15 heteroatoms. The minimum absolute atomic E-state index is 0.0330. The van der Waals surface area contributed by atoms with Crippen LogP contribution < -0.4 is 11.1 Å². The number of β-lactam (4-membered cyclic amide) rings is 1. The first kappa shape index (κ1) is 21.3. The summed E-state index contributed by atoms with van der Waals surface area (Å²) in [6, 6.07) is -1.04. The van der Waals surface area contributed by atoms with Gasteiger partial charge in [0.25, 0.3) is 11.8 Å². The number of rotatable bonds is 8. The van der Waals surface area contributed by atoms with E-state index >= 15 is 0 Å². The number of allylic oxidation sites excluding steroid dienone is 1. The monoisotopic (exact) mass is 454 g/mol. The van der Waals surface area contributed by atoms with Gasteiger partial charge in [0.1, 0.15) is 17.1 Å². The third kappa shape index (κ3) is 3.97. The van der Waals surface area contributed by atoms with Gasteiger partial charge in [0, 0.05) is 17.3 Å². The zero-order valence-corrected chi connectivity index (χ0v) is 16.6. The molecule has 13 nitrogen and oxygen atoms in total. The van der Waals surface area contributed by atoms with Crippen molar-refractivity contribution in [3.8, 4) is 0 Å². The van der Waals surface area contributed by atoms with Crippen LogP contribution in [-0.4, -0.2) is 77.7 Å². The van der Waals surface area contributed by atoms with Gasteiger partial charge in [-0.05, 0) is 5.57 Å². The maximum absolute atomic E-state index is 12.7. The molecule has 1 aromatic rings. The van der Waals surface area contributed by atoms with E-state index in [1.54, 1.807) is 0 Å². The molecule has 1 saturated heterocycles. The van der Waals surface area contributed by atoms with Gasteiger partial charge in [0.15, 0.2) is 5.13 Å². The van der Waals surface area contributed by atoms with Crippen molar-refractivity contribution in [2.45, 2.75) is 11.4 Å². The Bertz CT molecular complexity index is 1000. The number of fused-ring (bicyclic) bond motifs is 1. The highest BCUT2D eigenvalue weighted by Crippen LogP contribution is 2.40. The maximum atomic E-state index is 12.7. The molecule has 0 spiro atoms. The van der Waals surface area contributed by atoms with Crippen LogP contribution in [0, 0.1) is 0 Å². The van der Waals surface area contributed by atoms with E-state index < -0.39 is 47.5 Å². The van der Waals surface area contributed by atoms with Gasteiger partial charge in [0.05, 0.1) is 0 Å². The summed E-state index contributed by atoms with van der Waals surface area (Å²) in [5.41, 5.74) is 5.24. The minimum Gasteiger partial charge on any atom is -0.479 e. The number of carbonyl (C=O) groups is 4. The highest BCUT2D eigenvalue weighted by atomic mass is 32.2. The summed E-state index contributed by atoms with van der Waals surface area (Å²) in [4.78, 5) is 56.9. The Morgan fingerprint density at radius 2 is 2.17 bits per heavy atom. The van der Waals surface area contributed by atoms with Crippen molar-refractivity contribution in [3.05, 3.63) is 29.7 Å². The van der Waals surface area contributed by atoms with E-state index in [-0.39, 0.29) is 16.7 Å². The number of nitrogen functional groups attached to an aromatic ring is 1. The molecule has 5 N–H and O–H groups in total. The standard InChI is InChI=1S/C15H14N6O7S2/c1-2-5-4-29-13-8(12(25)21(13)9(5)14(26)27)17-11(24)7(19-28-3-6(22)23)10-18-15(16)30-20-10/h2,8,13H,1,3-4H2,(H,17,24)(H,22,23)(H,26,27)(H2,16,18,20)/t8?,13-/m0/s1. The number of aliphatic carboxylic acids is 2. The zero-order valence-electron chi connectivity index (χ0n) is 15.0. The number of nitrogens with one attached hydrogen (secondary N) is 1. The predicted molar refractivity (Wildman–Crippen MR) is 104 cm³/mol. The van der Waals surface area contributed by atoms with E-state index in [4.69, 9.17) is 10.8 Å². The molecule has 0 bridgehead atoms. The van der Waals surface area contributed by atoms with Crippen molar-refractivity contribution in [2.24, 2.45) is 5.16 Å². The Labute approximate surface area is 176 Å². The lowest BCUT2D eigenvalue weighted by Crippen LogP contribution is -2.71. The number of oxime groups is 1. The zero-order chi connectivity index (χ0) is 22.0. The van der Waals surface area contributed by atoms with Crippen LogP contribution in [0.15, 0.2) is 29.1 Å². The fourth-order valence-electron chi connectivity index (χ4n) is 2.68. The second-order valence-electron chi connectivity index (χ2n) is 5.81.